The number of benzene rings is 1. The number of nitrogens with one attached hydrogen (secondary N) is 1. The van der Waals surface area contributed by atoms with E-state index in [4.69, 9.17) is 11.6 Å². The van der Waals surface area contributed by atoms with E-state index in [9.17, 15) is 13.2 Å². The van der Waals surface area contributed by atoms with Crippen molar-refractivity contribution in [2.75, 3.05) is 13.1 Å². The van der Waals surface area contributed by atoms with Crippen molar-refractivity contribution >= 4 is 27.5 Å². The van der Waals surface area contributed by atoms with E-state index in [0.29, 0.717) is 24.5 Å². The molecule has 0 aliphatic carbocycles. The Kier molecular flexibility index (Phi) is 6.44. The summed E-state index contributed by atoms with van der Waals surface area (Å²) in [7, 11) is -3.69. The molecule has 1 aliphatic rings. The first-order valence-electron chi connectivity index (χ1n) is 8.02. The maximum absolute atomic E-state index is 12.8. The van der Waals surface area contributed by atoms with Gasteiger partial charge in [-0.15, -0.1) is 0 Å². The lowest BCUT2D eigenvalue weighted by molar-refractivity contribution is -0.125. The van der Waals surface area contributed by atoms with E-state index >= 15 is 0 Å². The summed E-state index contributed by atoms with van der Waals surface area (Å²) in [5.74, 6) is -0.198. The van der Waals surface area contributed by atoms with Gasteiger partial charge in [-0.1, -0.05) is 31.4 Å². The van der Waals surface area contributed by atoms with E-state index in [-0.39, 0.29) is 10.8 Å². The van der Waals surface area contributed by atoms with E-state index in [2.05, 4.69) is 5.32 Å². The van der Waals surface area contributed by atoms with Crippen molar-refractivity contribution < 1.29 is 13.2 Å². The summed E-state index contributed by atoms with van der Waals surface area (Å²) in [4.78, 5) is 12.6. The number of carbonyl (C=O) groups excluding carboxylic acids is 1. The van der Waals surface area contributed by atoms with Crippen LogP contribution in [0, 0.1) is 0 Å². The predicted molar refractivity (Wildman–Crippen MR) is 90.9 cm³/mol. The highest BCUT2D eigenvalue weighted by atomic mass is 35.5. The van der Waals surface area contributed by atoms with E-state index < -0.39 is 16.1 Å². The minimum absolute atomic E-state index is 0.176. The number of rotatable bonds is 6. The highest BCUT2D eigenvalue weighted by Gasteiger charge is 2.37. The Balaban J connectivity index is 2.19. The van der Waals surface area contributed by atoms with E-state index in [1.807, 2.05) is 6.92 Å². The molecule has 1 aromatic carbocycles. The molecule has 1 atom stereocenters. The van der Waals surface area contributed by atoms with Gasteiger partial charge in [0.05, 0.1) is 4.90 Å². The molecule has 0 bridgehead atoms. The quantitative estimate of drug-likeness (QED) is 0.795. The summed E-state index contributed by atoms with van der Waals surface area (Å²) in [6, 6.07) is 5.45. The smallest absolute Gasteiger partial charge is 0.243 e. The lowest BCUT2D eigenvalue weighted by atomic mass is 10.0. The van der Waals surface area contributed by atoms with Gasteiger partial charge in [-0.3, -0.25) is 4.79 Å². The highest BCUT2D eigenvalue weighted by Crippen LogP contribution is 2.26. The van der Waals surface area contributed by atoms with Gasteiger partial charge in [-0.05, 0) is 43.5 Å². The summed E-state index contributed by atoms with van der Waals surface area (Å²) in [6.07, 6.45) is 4.06. The third-order valence-electron chi connectivity index (χ3n) is 4.01. The number of nitrogens with zero attached hydrogens (tertiary/aromatic N) is 1. The van der Waals surface area contributed by atoms with Gasteiger partial charge >= 0.3 is 0 Å². The van der Waals surface area contributed by atoms with Crippen molar-refractivity contribution in [3.05, 3.63) is 29.3 Å². The van der Waals surface area contributed by atoms with Crippen molar-refractivity contribution in [1.82, 2.24) is 9.62 Å². The van der Waals surface area contributed by atoms with Gasteiger partial charge in [-0.25, -0.2) is 8.42 Å². The predicted octanol–water partition coefficient (Wildman–Crippen LogP) is 2.80. The molecule has 1 aromatic rings. The number of carbonyl (C=O) groups is 1. The van der Waals surface area contributed by atoms with Crippen LogP contribution in [0.5, 0.6) is 0 Å². The molecule has 7 heteroatoms. The van der Waals surface area contributed by atoms with Crippen LogP contribution in [0.3, 0.4) is 0 Å². The Labute approximate surface area is 143 Å². The number of amides is 1. The van der Waals surface area contributed by atoms with Crippen LogP contribution in [0.2, 0.25) is 5.02 Å². The Bertz CT molecular complexity index is 631. The minimum Gasteiger partial charge on any atom is -0.355 e. The molecule has 0 spiro atoms. The third kappa shape index (κ3) is 4.46. The maximum atomic E-state index is 12.8. The zero-order valence-corrected chi connectivity index (χ0v) is 14.9. The second kappa shape index (κ2) is 8.13. The molecule has 1 N–H and O–H groups in total. The van der Waals surface area contributed by atoms with E-state index in [1.165, 1.54) is 16.4 Å². The molecule has 0 saturated carbocycles. The van der Waals surface area contributed by atoms with Crippen molar-refractivity contribution in [3.8, 4) is 0 Å². The average molecular weight is 359 g/mol. The topological polar surface area (TPSA) is 66.5 Å². The van der Waals surface area contributed by atoms with Crippen LogP contribution in [-0.2, 0) is 14.8 Å². The summed E-state index contributed by atoms with van der Waals surface area (Å²) < 4.78 is 27.0. The van der Waals surface area contributed by atoms with Crippen molar-refractivity contribution in [2.45, 2.75) is 50.0 Å². The Morgan fingerprint density at radius 3 is 2.65 bits per heavy atom. The van der Waals surface area contributed by atoms with Crippen molar-refractivity contribution in [1.29, 1.82) is 0 Å². The summed E-state index contributed by atoms with van der Waals surface area (Å²) in [6.45, 7) is 3.00. The highest BCUT2D eigenvalue weighted by molar-refractivity contribution is 7.89. The first-order chi connectivity index (χ1) is 11.0. The fraction of sp³-hybridized carbons (Fsp3) is 0.562. The SMILES string of the molecule is CCCCNC(=O)C1CCCCN1S(=O)(=O)c1ccc(Cl)cc1. The van der Waals surface area contributed by atoms with Crippen molar-refractivity contribution in [2.24, 2.45) is 0 Å². The molecule has 1 saturated heterocycles. The van der Waals surface area contributed by atoms with Crippen molar-refractivity contribution in [3.63, 3.8) is 0 Å². The minimum atomic E-state index is -3.69. The lowest BCUT2D eigenvalue weighted by Gasteiger charge is -2.33. The second-order valence-electron chi connectivity index (χ2n) is 5.73. The van der Waals surface area contributed by atoms with Gasteiger partial charge in [0, 0.05) is 18.1 Å². The normalized spacial score (nSPS) is 19.5. The average Bonchev–Trinajstić information content (AvgIpc) is 2.55. The van der Waals surface area contributed by atoms with Gasteiger partial charge in [0.2, 0.25) is 15.9 Å². The van der Waals surface area contributed by atoms with Gasteiger partial charge < -0.3 is 5.32 Å². The number of hydrogen-bond donors (Lipinski definition) is 1. The Hall–Kier alpha value is -1.11. The molecule has 2 rings (SSSR count). The molecule has 5 nitrogen and oxygen atoms in total. The fourth-order valence-electron chi connectivity index (χ4n) is 2.70. The number of unbranched alkanes of at least 4 members (excludes halogenated alkanes) is 1. The third-order valence-corrected chi connectivity index (χ3v) is 6.18. The van der Waals surface area contributed by atoms with Gasteiger partial charge in [0.25, 0.3) is 0 Å². The molecule has 128 valence electrons. The number of hydrogen-bond acceptors (Lipinski definition) is 3. The molecule has 1 unspecified atom stereocenters. The first kappa shape index (κ1) is 18.2. The first-order valence-corrected chi connectivity index (χ1v) is 9.83. The zero-order chi connectivity index (χ0) is 16.9. The fourth-order valence-corrected chi connectivity index (χ4v) is 4.49. The Morgan fingerprint density at radius 2 is 2.00 bits per heavy atom. The molecular weight excluding hydrogens is 336 g/mol. The number of halogens is 1. The van der Waals surface area contributed by atoms with Crippen LogP contribution in [0.4, 0.5) is 0 Å². The zero-order valence-electron chi connectivity index (χ0n) is 13.3. The molecule has 1 amide bonds. The number of piperidine rings is 1. The molecule has 0 aromatic heterocycles. The second-order valence-corrected chi connectivity index (χ2v) is 8.05. The largest absolute Gasteiger partial charge is 0.355 e. The van der Waals surface area contributed by atoms with Gasteiger partial charge in [0.1, 0.15) is 6.04 Å². The van der Waals surface area contributed by atoms with Crippen LogP contribution in [-0.4, -0.2) is 37.8 Å². The van der Waals surface area contributed by atoms with Crippen LogP contribution in [0.25, 0.3) is 0 Å². The van der Waals surface area contributed by atoms with E-state index in [0.717, 1.165) is 25.7 Å². The monoisotopic (exact) mass is 358 g/mol. The van der Waals surface area contributed by atoms with Crippen LogP contribution in [0.1, 0.15) is 39.0 Å². The molecule has 1 aliphatic heterocycles. The molecule has 0 radical (unpaired) electrons. The lowest BCUT2D eigenvalue weighted by Crippen LogP contribution is -2.51. The maximum Gasteiger partial charge on any atom is 0.243 e. The summed E-state index contributed by atoms with van der Waals surface area (Å²) in [5, 5.41) is 3.33. The van der Waals surface area contributed by atoms with E-state index in [1.54, 1.807) is 12.1 Å². The summed E-state index contributed by atoms with van der Waals surface area (Å²) in [5.41, 5.74) is 0. The molecule has 1 heterocycles. The Morgan fingerprint density at radius 1 is 1.30 bits per heavy atom. The molecular formula is C16H23ClN2O3S. The van der Waals surface area contributed by atoms with Gasteiger partial charge in [-0.2, -0.15) is 4.31 Å². The standard InChI is InChI=1S/C16H23ClN2O3S/c1-2-3-11-18-16(20)15-6-4-5-12-19(15)23(21,22)14-9-7-13(17)8-10-14/h7-10,15H,2-6,11-12H2,1H3,(H,18,20). The van der Waals surface area contributed by atoms with Crippen LogP contribution in [0.15, 0.2) is 29.2 Å². The molecule has 23 heavy (non-hydrogen) atoms. The summed E-state index contributed by atoms with van der Waals surface area (Å²) >= 11 is 5.83. The van der Waals surface area contributed by atoms with Crippen LogP contribution < -0.4 is 5.32 Å². The number of sulfonamides is 1. The van der Waals surface area contributed by atoms with Crippen LogP contribution >= 0.6 is 11.6 Å². The molecule has 1 fully saturated rings. The van der Waals surface area contributed by atoms with Gasteiger partial charge in [0.15, 0.2) is 0 Å².